The Kier molecular flexibility index (Phi) is 6.19. The number of nitrogens with zero attached hydrogens (tertiary/aromatic N) is 3. The Balaban J connectivity index is 1.93. The van der Waals surface area contributed by atoms with Gasteiger partial charge in [0.05, 0.1) is 11.4 Å². The fraction of sp³-hybridized carbons (Fsp3) is 0. The molecule has 3 aromatic heterocycles. The molecule has 5 rings (SSSR count). The van der Waals surface area contributed by atoms with Crippen LogP contribution >= 0.6 is 0 Å². The van der Waals surface area contributed by atoms with Gasteiger partial charge in [0.1, 0.15) is 23.3 Å². The standard InChI is InChI=1S/C28H15F4N3O2/c29-15-11-18(25(20(31)13-15)22-5-1-3-8-33-22)17-7-10-35-27(28(36)37)24(17)19-12-16(30)14-21(32)26(19)23-6-2-4-9-34-23/h1-14H,(H,36,37). The maximum atomic E-state index is 15.2. The number of carboxylic acid groups (broad SMARTS) is 1. The van der Waals surface area contributed by atoms with E-state index in [4.69, 9.17) is 0 Å². The summed E-state index contributed by atoms with van der Waals surface area (Å²) in [6.07, 6.45) is 3.95. The number of halogens is 4. The minimum Gasteiger partial charge on any atom is -0.476 e. The minimum absolute atomic E-state index is 0.0198. The molecule has 1 N–H and O–H groups in total. The Labute approximate surface area is 207 Å². The molecular formula is C28H15F4N3O2. The first kappa shape index (κ1) is 23.8. The van der Waals surface area contributed by atoms with Gasteiger partial charge >= 0.3 is 5.97 Å². The molecule has 0 fully saturated rings. The quantitative estimate of drug-likeness (QED) is 0.268. The van der Waals surface area contributed by atoms with Crippen molar-refractivity contribution in [3.8, 4) is 44.8 Å². The van der Waals surface area contributed by atoms with Gasteiger partial charge in [0.15, 0.2) is 5.69 Å². The predicted octanol–water partition coefficient (Wildman–Crippen LogP) is 6.79. The Morgan fingerprint density at radius 1 is 0.595 bits per heavy atom. The van der Waals surface area contributed by atoms with Crippen LogP contribution in [0, 0.1) is 23.3 Å². The highest BCUT2D eigenvalue weighted by atomic mass is 19.1. The lowest BCUT2D eigenvalue weighted by Crippen LogP contribution is -2.07. The molecule has 0 amide bonds. The average molecular weight is 501 g/mol. The maximum Gasteiger partial charge on any atom is 0.355 e. The van der Waals surface area contributed by atoms with Gasteiger partial charge in [0, 0.05) is 47.4 Å². The van der Waals surface area contributed by atoms with Gasteiger partial charge in [0.25, 0.3) is 0 Å². The number of rotatable bonds is 5. The first-order valence-electron chi connectivity index (χ1n) is 10.9. The summed E-state index contributed by atoms with van der Waals surface area (Å²) in [4.78, 5) is 24.5. The van der Waals surface area contributed by atoms with E-state index in [1.54, 1.807) is 24.3 Å². The fourth-order valence-electron chi connectivity index (χ4n) is 4.22. The lowest BCUT2D eigenvalue weighted by molar-refractivity contribution is 0.0691. The molecule has 0 atom stereocenters. The van der Waals surface area contributed by atoms with Crippen LogP contribution in [0.3, 0.4) is 0 Å². The number of hydrogen-bond acceptors (Lipinski definition) is 4. The monoisotopic (exact) mass is 501 g/mol. The van der Waals surface area contributed by atoms with Crippen LogP contribution in [-0.2, 0) is 0 Å². The lowest BCUT2D eigenvalue weighted by Gasteiger charge is -2.19. The van der Waals surface area contributed by atoms with Crippen molar-refractivity contribution in [2.45, 2.75) is 0 Å². The molecule has 0 aliphatic rings. The van der Waals surface area contributed by atoms with Crippen LogP contribution in [0.25, 0.3) is 44.8 Å². The van der Waals surface area contributed by atoms with Crippen molar-refractivity contribution in [2.75, 3.05) is 0 Å². The second kappa shape index (κ2) is 9.62. The van der Waals surface area contributed by atoms with Crippen molar-refractivity contribution >= 4 is 5.97 Å². The van der Waals surface area contributed by atoms with Crippen molar-refractivity contribution in [1.82, 2.24) is 15.0 Å². The topological polar surface area (TPSA) is 76.0 Å². The largest absolute Gasteiger partial charge is 0.476 e. The molecule has 0 saturated heterocycles. The Bertz CT molecular complexity index is 1650. The molecule has 3 heterocycles. The van der Waals surface area contributed by atoms with Gasteiger partial charge in [-0.3, -0.25) is 9.97 Å². The molecule has 0 unspecified atom stereocenters. The Hall–Kier alpha value is -4.92. The summed E-state index contributed by atoms with van der Waals surface area (Å²) in [6.45, 7) is 0. The number of carboxylic acids is 1. The number of pyridine rings is 3. The van der Waals surface area contributed by atoms with Crippen molar-refractivity contribution in [3.05, 3.63) is 114 Å². The third kappa shape index (κ3) is 4.42. The van der Waals surface area contributed by atoms with E-state index in [2.05, 4.69) is 15.0 Å². The van der Waals surface area contributed by atoms with E-state index in [1.807, 2.05) is 0 Å². The van der Waals surface area contributed by atoms with Gasteiger partial charge < -0.3 is 5.11 Å². The number of benzene rings is 2. The van der Waals surface area contributed by atoms with Crippen LogP contribution in [0.2, 0.25) is 0 Å². The zero-order valence-electron chi connectivity index (χ0n) is 18.8. The number of aromatic nitrogens is 3. The summed E-state index contributed by atoms with van der Waals surface area (Å²) in [7, 11) is 0. The van der Waals surface area contributed by atoms with Crippen molar-refractivity contribution < 1.29 is 27.5 Å². The summed E-state index contributed by atoms with van der Waals surface area (Å²) in [5.41, 5.74) is -1.19. The SMILES string of the molecule is O=C(O)c1nccc(-c2cc(F)cc(F)c2-c2ccccn2)c1-c1cc(F)cc(F)c1-c1ccccn1. The summed E-state index contributed by atoms with van der Waals surface area (Å²) in [5, 5.41) is 9.97. The van der Waals surface area contributed by atoms with E-state index in [0.29, 0.717) is 12.1 Å². The van der Waals surface area contributed by atoms with Crippen LogP contribution in [0.1, 0.15) is 10.5 Å². The first-order chi connectivity index (χ1) is 17.8. The van der Waals surface area contributed by atoms with E-state index in [-0.39, 0.29) is 44.8 Å². The minimum atomic E-state index is -1.51. The van der Waals surface area contributed by atoms with E-state index in [9.17, 15) is 18.7 Å². The molecule has 9 heteroatoms. The summed E-state index contributed by atoms with van der Waals surface area (Å²) in [5.74, 6) is -5.40. The molecular weight excluding hydrogens is 486 g/mol. The zero-order valence-corrected chi connectivity index (χ0v) is 18.8. The van der Waals surface area contributed by atoms with Gasteiger partial charge in [-0.2, -0.15) is 0 Å². The van der Waals surface area contributed by atoms with Gasteiger partial charge in [-0.1, -0.05) is 12.1 Å². The molecule has 0 spiro atoms. The van der Waals surface area contributed by atoms with E-state index >= 15 is 8.78 Å². The molecule has 0 radical (unpaired) electrons. The molecule has 0 aliphatic carbocycles. The van der Waals surface area contributed by atoms with Gasteiger partial charge in [0.2, 0.25) is 0 Å². The summed E-state index contributed by atoms with van der Waals surface area (Å²) in [6, 6.07) is 14.0. The highest BCUT2D eigenvalue weighted by molar-refractivity contribution is 6.04. The van der Waals surface area contributed by atoms with Crippen LogP contribution in [0.5, 0.6) is 0 Å². The first-order valence-corrected chi connectivity index (χ1v) is 10.9. The summed E-state index contributed by atoms with van der Waals surface area (Å²) < 4.78 is 59.6. The fourth-order valence-corrected chi connectivity index (χ4v) is 4.22. The van der Waals surface area contributed by atoms with Gasteiger partial charge in [-0.05, 0) is 59.2 Å². The van der Waals surface area contributed by atoms with E-state index < -0.39 is 34.9 Å². The molecule has 0 aliphatic heterocycles. The lowest BCUT2D eigenvalue weighted by atomic mass is 9.87. The Morgan fingerprint density at radius 2 is 1.14 bits per heavy atom. The highest BCUT2D eigenvalue weighted by Crippen LogP contribution is 2.44. The van der Waals surface area contributed by atoms with Gasteiger partial charge in [-0.25, -0.2) is 27.3 Å². The van der Waals surface area contributed by atoms with Crippen molar-refractivity contribution in [3.63, 3.8) is 0 Å². The molecule has 182 valence electrons. The molecule has 5 aromatic rings. The predicted molar refractivity (Wildman–Crippen MR) is 128 cm³/mol. The smallest absolute Gasteiger partial charge is 0.355 e. The number of carbonyl (C=O) groups is 1. The summed E-state index contributed by atoms with van der Waals surface area (Å²) >= 11 is 0. The van der Waals surface area contributed by atoms with Crippen molar-refractivity contribution in [1.29, 1.82) is 0 Å². The van der Waals surface area contributed by atoms with Crippen LogP contribution < -0.4 is 0 Å². The van der Waals surface area contributed by atoms with Gasteiger partial charge in [-0.15, -0.1) is 0 Å². The number of aromatic carboxylic acids is 1. The number of hydrogen-bond donors (Lipinski definition) is 1. The second-order valence-electron chi connectivity index (χ2n) is 7.94. The average Bonchev–Trinajstić information content (AvgIpc) is 2.88. The molecule has 2 aromatic carbocycles. The van der Waals surface area contributed by atoms with Crippen LogP contribution in [0.4, 0.5) is 17.6 Å². The van der Waals surface area contributed by atoms with Crippen LogP contribution in [0.15, 0.2) is 85.3 Å². The molecule has 37 heavy (non-hydrogen) atoms. The zero-order chi connectivity index (χ0) is 26.1. The Morgan fingerprint density at radius 3 is 1.65 bits per heavy atom. The molecule has 0 bridgehead atoms. The third-order valence-electron chi connectivity index (χ3n) is 5.67. The maximum absolute atomic E-state index is 15.2. The normalized spacial score (nSPS) is 10.9. The molecule has 0 saturated carbocycles. The van der Waals surface area contributed by atoms with Crippen molar-refractivity contribution in [2.24, 2.45) is 0 Å². The molecule has 5 nitrogen and oxygen atoms in total. The highest BCUT2D eigenvalue weighted by Gasteiger charge is 2.27. The van der Waals surface area contributed by atoms with E-state index in [0.717, 1.165) is 18.3 Å². The van der Waals surface area contributed by atoms with Crippen LogP contribution in [-0.4, -0.2) is 26.0 Å². The second-order valence-corrected chi connectivity index (χ2v) is 7.94. The third-order valence-corrected chi connectivity index (χ3v) is 5.67. The van der Waals surface area contributed by atoms with E-state index in [1.165, 1.54) is 30.6 Å².